The number of aliphatic hydroxyl groups is 1. The molecule has 1 fully saturated rings. The fourth-order valence-electron chi connectivity index (χ4n) is 2.19. The molecule has 1 saturated heterocycles. The van der Waals surface area contributed by atoms with Crippen LogP contribution in [0, 0.1) is 0 Å². The summed E-state index contributed by atoms with van der Waals surface area (Å²) in [7, 11) is 0. The molecule has 1 heterocycles. The van der Waals surface area contributed by atoms with Crippen molar-refractivity contribution in [1.82, 2.24) is 10.2 Å². The zero-order valence-corrected chi connectivity index (χ0v) is 11.1. The monoisotopic (exact) mass is 242 g/mol. The molecule has 1 rings (SSSR count). The van der Waals surface area contributed by atoms with Crippen molar-refractivity contribution < 1.29 is 9.90 Å². The molecule has 1 amide bonds. The van der Waals surface area contributed by atoms with Crippen molar-refractivity contribution in [2.24, 2.45) is 0 Å². The van der Waals surface area contributed by atoms with Crippen molar-refractivity contribution in [3.63, 3.8) is 0 Å². The van der Waals surface area contributed by atoms with Gasteiger partial charge < -0.3 is 15.3 Å². The lowest BCUT2D eigenvalue weighted by Gasteiger charge is -2.38. The first kappa shape index (κ1) is 14.5. The Balaban J connectivity index is 2.28. The maximum atomic E-state index is 12.1. The number of carbonyl (C=O) groups is 1. The number of likely N-dealkylation sites (tertiary alicyclic amines) is 1. The van der Waals surface area contributed by atoms with E-state index < -0.39 is 0 Å². The van der Waals surface area contributed by atoms with E-state index in [2.05, 4.69) is 12.2 Å². The van der Waals surface area contributed by atoms with E-state index in [0.29, 0.717) is 13.1 Å². The predicted octanol–water partition coefficient (Wildman–Crippen LogP) is 1.14. The maximum absolute atomic E-state index is 12.1. The van der Waals surface area contributed by atoms with Crippen LogP contribution in [0.15, 0.2) is 0 Å². The van der Waals surface area contributed by atoms with Gasteiger partial charge >= 0.3 is 0 Å². The van der Waals surface area contributed by atoms with Gasteiger partial charge in [0.1, 0.15) is 0 Å². The highest BCUT2D eigenvalue weighted by atomic mass is 16.3. The molecule has 4 nitrogen and oxygen atoms in total. The Bertz CT molecular complexity index is 227. The number of rotatable bonds is 8. The van der Waals surface area contributed by atoms with Gasteiger partial charge in [-0.15, -0.1) is 0 Å². The third-order valence-corrected chi connectivity index (χ3v) is 3.27. The first-order valence-electron chi connectivity index (χ1n) is 6.89. The Labute approximate surface area is 104 Å². The van der Waals surface area contributed by atoms with Gasteiger partial charge in [0.2, 0.25) is 5.91 Å². The normalized spacial score (nSPS) is 17.9. The van der Waals surface area contributed by atoms with Crippen LogP contribution in [0.2, 0.25) is 0 Å². The van der Waals surface area contributed by atoms with Crippen molar-refractivity contribution >= 4 is 5.91 Å². The third-order valence-electron chi connectivity index (χ3n) is 3.27. The Kier molecular flexibility index (Phi) is 6.52. The molecule has 17 heavy (non-hydrogen) atoms. The van der Waals surface area contributed by atoms with E-state index in [4.69, 9.17) is 0 Å². The Morgan fingerprint density at radius 3 is 2.59 bits per heavy atom. The van der Waals surface area contributed by atoms with Gasteiger partial charge in [-0.3, -0.25) is 4.79 Å². The molecule has 0 aromatic rings. The second kappa shape index (κ2) is 7.67. The average molecular weight is 242 g/mol. The number of hydrogen-bond acceptors (Lipinski definition) is 3. The molecular weight excluding hydrogens is 216 g/mol. The van der Waals surface area contributed by atoms with Crippen molar-refractivity contribution in [2.75, 3.05) is 19.6 Å². The lowest BCUT2D eigenvalue weighted by molar-refractivity contribution is -0.143. The number of aliphatic hydroxyl groups excluding tert-OH is 1. The standard InChI is InChI=1S/C13H26N2O2/c1-3-5-6-7-8-12(14-4-2)13(17)15-9-11(16)10-15/h11-12,14,16H,3-10H2,1-2H3. The molecule has 100 valence electrons. The second-order valence-electron chi connectivity index (χ2n) is 4.86. The van der Waals surface area contributed by atoms with Crippen LogP contribution in [-0.2, 0) is 4.79 Å². The molecule has 1 aliphatic rings. The van der Waals surface area contributed by atoms with E-state index in [1.165, 1.54) is 19.3 Å². The second-order valence-corrected chi connectivity index (χ2v) is 4.86. The molecule has 4 heteroatoms. The summed E-state index contributed by atoms with van der Waals surface area (Å²) in [6, 6.07) is -0.0515. The molecule has 1 aliphatic heterocycles. The largest absolute Gasteiger partial charge is 0.389 e. The minimum absolute atomic E-state index is 0.0515. The van der Waals surface area contributed by atoms with Crippen molar-refractivity contribution in [2.45, 2.75) is 58.1 Å². The van der Waals surface area contributed by atoms with Crippen LogP contribution in [0.25, 0.3) is 0 Å². The van der Waals surface area contributed by atoms with Crippen LogP contribution in [0.4, 0.5) is 0 Å². The van der Waals surface area contributed by atoms with Gasteiger partial charge in [-0.1, -0.05) is 39.5 Å². The molecule has 0 aliphatic carbocycles. The molecular formula is C13H26N2O2. The summed E-state index contributed by atoms with van der Waals surface area (Å²) in [5.41, 5.74) is 0. The van der Waals surface area contributed by atoms with Crippen LogP contribution < -0.4 is 5.32 Å². The SMILES string of the molecule is CCCCCCC(NCC)C(=O)N1CC(O)C1. The molecule has 1 unspecified atom stereocenters. The smallest absolute Gasteiger partial charge is 0.239 e. The molecule has 0 spiro atoms. The quantitative estimate of drug-likeness (QED) is 0.628. The summed E-state index contributed by atoms with van der Waals surface area (Å²) >= 11 is 0. The lowest BCUT2D eigenvalue weighted by atomic mass is 10.0. The van der Waals surface area contributed by atoms with Gasteiger partial charge in [-0.2, -0.15) is 0 Å². The van der Waals surface area contributed by atoms with E-state index in [1.807, 2.05) is 6.92 Å². The molecule has 1 atom stereocenters. The summed E-state index contributed by atoms with van der Waals surface area (Å²) in [5, 5.41) is 12.5. The molecule has 2 N–H and O–H groups in total. The highest BCUT2D eigenvalue weighted by Crippen LogP contribution is 2.13. The van der Waals surface area contributed by atoms with Crippen LogP contribution in [0.5, 0.6) is 0 Å². The number of nitrogens with one attached hydrogen (secondary N) is 1. The van der Waals surface area contributed by atoms with E-state index in [-0.39, 0.29) is 18.1 Å². The summed E-state index contributed by atoms with van der Waals surface area (Å²) in [4.78, 5) is 13.8. The number of hydrogen-bond donors (Lipinski definition) is 2. The minimum atomic E-state index is -0.304. The Morgan fingerprint density at radius 2 is 2.06 bits per heavy atom. The molecule has 0 aromatic heterocycles. The number of carbonyl (C=O) groups excluding carboxylic acids is 1. The highest BCUT2D eigenvalue weighted by Gasteiger charge is 2.32. The van der Waals surface area contributed by atoms with Gasteiger partial charge in [0.25, 0.3) is 0 Å². The molecule has 0 radical (unpaired) electrons. The van der Waals surface area contributed by atoms with Gasteiger partial charge in [0, 0.05) is 13.1 Å². The van der Waals surface area contributed by atoms with Crippen LogP contribution in [0.1, 0.15) is 46.0 Å². The van der Waals surface area contributed by atoms with Gasteiger partial charge in [-0.25, -0.2) is 0 Å². The Morgan fingerprint density at radius 1 is 1.35 bits per heavy atom. The van der Waals surface area contributed by atoms with Gasteiger partial charge in [0.05, 0.1) is 12.1 Å². The van der Waals surface area contributed by atoms with E-state index >= 15 is 0 Å². The fraction of sp³-hybridized carbons (Fsp3) is 0.923. The number of amides is 1. The summed E-state index contributed by atoms with van der Waals surface area (Å²) in [6.45, 7) is 6.05. The Hall–Kier alpha value is -0.610. The number of unbranched alkanes of at least 4 members (excludes halogenated alkanes) is 3. The average Bonchev–Trinajstić information content (AvgIpc) is 2.28. The number of nitrogens with zero attached hydrogens (tertiary/aromatic N) is 1. The topological polar surface area (TPSA) is 52.6 Å². The van der Waals surface area contributed by atoms with Crippen LogP contribution in [-0.4, -0.2) is 47.7 Å². The number of likely N-dealkylation sites (N-methyl/N-ethyl adjacent to an activating group) is 1. The summed E-state index contributed by atoms with van der Waals surface area (Å²) < 4.78 is 0. The van der Waals surface area contributed by atoms with Gasteiger partial charge in [-0.05, 0) is 13.0 Å². The minimum Gasteiger partial charge on any atom is -0.389 e. The van der Waals surface area contributed by atoms with E-state index in [1.54, 1.807) is 4.90 Å². The zero-order valence-electron chi connectivity index (χ0n) is 11.1. The van der Waals surface area contributed by atoms with Crippen molar-refractivity contribution in [3.05, 3.63) is 0 Å². The van der Waals surface area contributed by atoms with Crippen LogP contribution >= 0.6 is 0 Å². The maximum Gasteiger partial charge on any atom is 0.239 e. The van der Waals surface area contributed by atoms with Gasteiger partial charge in [0.15, 0.2) is 0 Å². The van der Waals surface area contributed by atoms with Crippen LogP contribution in [0.3, 0.4) is 0 Å². The first-order valence-corrected chi connectivity index (χ1v) is 6.89. The van der Waals surface area contributed by atoms with E-state index in [0.717, 1.165) is 19.4 Å². The van der Waals surface area contributed by atoms with Crippen molar-refractivity contribution in [1.29, 1.82) is 0 Å². The third kappa shape index (κ3) is 4.64. The summed E-state index contributed by atoms with van der Waals surface area (Å²) in [6.07, 6.45) is 5.38. The number of β-amino-alcohol motifs (C(OH)–C–C–N with tert-alkyl or cyclic N) is 1. The van der Waals surface area contributed by atoms with E-state index in [9.17, 15) is 9.90 Å². The van der Waals surface area contributed by atoms with Crippen molar-refractivity contribution in [3.8, 4) is 0 Å². The summed E-state index contributed by atoms with van der Waals surface area (Å²) in [5.74, 6) is 0.161. The first-order chi connectivity index (χ1) is 8.19. The lowest BCUT2D eigenvalue weighted by Crippen LogP contribution is -2.58. The molecule has 0 bridgehead atoms. The zero-order chi connectivity index (χ0) is 12.7. The predicted molar refractivity (Wildman–Crippen MR) is 68.8 cm³/mol. The highest BCUT2D eigenvalue weighted by molar-refractivity contribution is 5.82. The molecule has 0 saturated carbocycles. The molecule has 0 aromatic carbocycles. The fourth-order valence-corrected chi connectivity index (χ4v) is 2.19.